The predicted octanol–water partition coefficient (Wildman–Crippen LogP) is 2.01. The number of halogens is 3. The van der Waals surface area contributed by atoms with Crippen LogP contribution in [0.25, 0.3) is 0 Å². The predicted molar refractivity (Wildman–Crippen MR) is 40.4 cm³/mol. The number of hydrogen-bond acceptors (Lipinski definition) is 1. The fraction of sp³-hybridized carbons (Fsp3) is 0.500. The third kappa shape index (κ3) is 2.11. The number of allylic oxidation sites excluding steroid dienone is 2. The summed E-state index contributed by atoms with van der Waals surface area (Å²) >= 11 is 0. The van der Waals surface area contributed by atoms with Crippen LogP contribution in [0.3, 0.4) is 0 Å². The van der Waals surface area contributed by atoms with E-state index in [0.717, 1.165) is 5.57 Å². The number of rotatable bonds is 1. The number of alkyl halides is 3. The lowest BCUT2D eigenvalue weighted by atomic mass is 9.96. The third-order valence-electron chi connectivity index (χ3n) is 1.83. The fourth-order valence-electron chi connectivity index (χ4n) is 1.06. The highest BCUT2D eigenvalue weighted by molar-refractivity contribution is 5.25. The Morgan fingerprint density at radius 3 is 2.50 bits per heavy atom. The van der Waals surface area contributed by atoms with Gasteiger partial charge >= 0.3 is 6.18 Å². The first-order valence-electron chi connectivity index (χ1n) is 3.68. The Labute approximate surface area is 68.7 Å². The first-order valence-corrected chi connectivity index (χ1v) is 3.68. The highest BCUT2D eigenvalue weighted by Gasteiger charge is 2.37. The monoisotopic (exact) mass is 177 g/mol. The van der Waals surface area contributed by atoms with Crippen molar-refractivity contribution in [1.82, 2.24) is 0 Å². The molecule has 68 valence electrons. The maximum Gasteiger partial charge on any atom is 0.395 e. The maximum atomic E-state index is 12.1. The first kappa shape index (κ1) is 9.32. The Hall–Kier alpha value is -0.770. The Kier molecular flexibility index (Phi) is 2.57. The van der Waals surface area contributed by atoms with E-state index in [1.807, 2.05) is 0 Å². The molecule has 0 heterocycles. The lowest BCUT2D eigenvalue weighted by molar-refractivity contribution is -0.160. The van der Waals surface area contributed by atoms with Crippen molar-refractivity contribution >= 4 is 0 Å². The molecule has 2 N–H and O–H groups in total. The molecule has 0 aromatic rings. The van der Waals surface area contributed by atoms with Crippen LogP contribution in [0.1, 0.15) is 6.42 Å². The third-order valence-corrected chi connectivity index (χ3v) is 1.83. The molecule has 0 saturated carbocycles. The minimum absolute atomic E-state index is 0.0204. The van der Waals surface area contributed by atoms with Crippen LogP contribution in [0.4, 0.5) is 13.2 Å². The molecule has 0 amide bonds. The van der Waals surface area contributed by atoms with Crippen molar-refractivity contribution in [3.63, 3.8) is 0 Å². The molecular formula is C8H10F3N. The summed E-state index contributed by atoms with van der Waals surface area (Å²) in [6, 6.07) is 0. The van der Waals surface area contributed by atoms with Crippen LogP contribution in [0, 0.1) is 5.92 Å². The number of hydrogen-bond donors (Lipinski definition) is 1. The van der Waals surface area contributed by atoms with Crippen molar-refractivity contribution in [3.05, 3.63) is 23.8 Å². The van der Waals surface area contributed by atoms with Crippen molar-refractivity contribution in [2.75, 3.05) is 6.54 Å². The molecule has 0 spiro atoms. The van der Waals surface area contributed by atoms with Crippen molar-refractivity contribution in [1.29, 1.82) is 0 Å². The normalized spacial score (nSPS) is 24.0. The summed E-state index contributed by atoms with van der Waals surface area (Å²) in [5.41, 5.74) is 6.03. The zero-order valence-corrected chi connectivity index (χ0v) is 6.43. The van der Waals surface area contributed by atoms with E-state index in [1.165, 1.54) is 18.2 Å². The molecule has 0 saturated heterocycles. The Morgan fingerprint density at radius 2 is 2.17 bits per heavy atom. The second kappa shape index (κ2) is 3.31. The molecule has 1 aliphatic carbocycles. The molecule has 0 aliphatic heterocycles. The van der Waals surface area contributed by atoms with Gasteiger partial charge in [0.15, 0.2) is 0 Å². The van der Waals surface area contributed by atoms with Crippen LogP contribution in [0.2, 0.25) is 0 Å². The fourth-order valence-corrected chi connectivity index (χ4v) is 1.06. The summed E-state index contributed by atoms with van der Waals surface area (Å²) in [5.74, 6) is -1.33. The Morgan fingerprint density at radius 1 is 1.50 bits per heavy atom. The maximum absolute atomic E-state index is 12.1. The summed E-state index contributed by atoms with van der Waals surface area (Å²) < 4.78 is 36.2. The standard InChI is InChI=1S/C8H10F3N/c9-8(10,11)7-3-1-6(5-12)2-4-7/h1-3,7H,4-5,12H2. The lowest BCUT2D eigenvalue weighted by Gasteiger charge is -2.18. The molecule has 1 aliphatic rings. The summed E-state index contributed by atoms with van der Waals surface area (Å²) in [4.78, 5) is 0. The molecule has 1 atom stereocenters. The van der Waals surface area contributed by atoms with Crippen LogP contribution in [0.15, 0.2) is 23.8 Å². The van der Waals surface area contributed by atoms with Gasteiger partial charge in [0.05, 0.1) is 5.92 Å². The van der Waals surface area contributed by atoms with E-state index in [2.05, 4.69) is 0 Å². The summed E-state index contributed by atoms with van der Waals surface area (Å²) in [5, 5.41) is 0. The average Bonchev–Trinajstić information content (AvgIpc) is 2.03. The van der Waals surface area contributed by atoms with Crippen molar-refractivity contribution in [2.24, 2.45) is 11.7 Å². The van der Waals surface area contributed by atoms with Gasteiger partial charge < -0.3 is 5.73 Å². The molecule has 0 aromatic heterocycles. The zero-order valence-electron chi connectivity index (χ0n) is 6.43. The minimum atomic E-state index is -4.12. The van der Waals surface area contributed by atoms with E-state index in [0.29, 0.717) is 6.54 Å². The van der Waals surface area contributed by atoms with Gasteiger partial charge in [-0.25, -0.2) is 0 Å². The van der Waals surface area contributed by atoms with Gasteiger partial charge in [0, 0.05) is 6.54 Å². The first-order chi connectivity index (χ1) is 5.54. The van der Waals surface area contributed by atoms with Gasteiger partial charge in [0.25, 0.3) is 0 Å². The Balaban J connectivity index is 2.60. The molecule has 4 heteroatoms. The van der Waals surface area contributed by atoms with E-state index in [-0.39, 0.29) is 6.42 Å². The minimum Gasteiger partial charge on any atom is -0.327 e. The van der Waals surface area contributed by atoms with Gasteiger partial charge in [-0.1, -0.05) is 18.2 Å². The molecule has 12 heavy (non-hydrogen) atoms. The molecule has 0 radical (unpaired) electrons. The molecule has 0 aromatic carbocycles. The second-order valence-electron chi connectivity index (χ2n) is 2.73. The van der Waals surface area contributed by atoms with Gasteiger partial charge in [-0.3, -0.25) is 0 Å². The van der Waals surface area contributed by atoms with Gasteiger partial charge in [0.2, 0.25) is 0 Å². The smallest absolute Gasteiger partial charge is 0.327 e. The van der Waals surface area contributed by atoms with E-state index < -0.39 is 12.1 Å². The zero-order chi connectivity index (χ0) is 9.19. The summed E-state index contributed by atoms with van der Waals surface area (Å²) in [6.45, 7) is 0.307. The van der Waals surface area contributed by atoms with E-state index in [9.17, 15) is 13.2 Å². The number of nitrogens with two attached hydrogens (primary N) is 1. The van der Waals surface area contributed by atoms with Gasteiger partial charge in [-0.15, -0.1) is 0 Å². The molecule has 1 rings (SSSR count). The Bertz CT molecular complexity index is 215. The highest BCUT2D eigenvalue weighted by atomic mass is 19.4. The summed E-state index contributed by atoms with van der Waals surface area (Å²) in [6.07, 6.45) is 0.0572. The van der Waals surface area contributed by atoms with Crippen LogP contribution >= 0.6 is 0 Å². The van der Waals surface area contributed by atoms with Crippen LogP contribution < -0.4 is 5.73 Å². The molecule has 1 unspecified atom stereocenters. The van der Waals surface area contributed by atoms with Gasteiger partial charge in [-0.2, -0.15) is 13.2 Å². The lowest BCUT2D eigenvalue weighted by Crippen LogP contribution is -2.22. The van der Waals surface area contributed by atoms with E-state index in [1.54, 1.807) is 0 Å². The topological polar surface area (TPSA) is 26.0 Å². The van der Waals surface area contributed by atoms with Crippen molar-refractivity contribution in [2.45, 2.75) is 12.6 Å². The van der Waals surface area contributed by atoms with Gasteiger partial charge in [-0.05, 0) is 12.0 Å². The summed E-state index contributed by atoms with van der Waals surface area (Å²) in [7, 11) is 0. The molecule has 0 bridgehead atoms. The second-order valence-corrected chi connectivity index (χ2v) is 2.73. The molecule has 0 fully saturated rings. The van der Waals surface area contributed by atoms with E-state index >= 15 is 0 Å². The molecule has 1 nitrogen and oxygen atoms in total. The van der Waals surface area contributed by atoms with E-state index in [4.69, 9.17) is 5.73 Å². The van der Waals surface area contributed by atoms with Crippen molar-refractivity contribution < 1.29 is 13.2 Å². The SMILES string of the molecule is NCC1=CCC(C(F)(F)F)C=C1. The van der Waals surface area contributed by atoms with Gasteiger partial charge in [0.1, 0.15) is 0 Å². The quantitative estimate of drug-likeness (QED) is 0.651. The van der Waals surface area contributed by atoms with Crippen LogP contribution in [-0.4, -0.2) is 12.7 Å². The average molecular weight is 177 g/mol. The highest BCUT2D eigenvalue weighted by Crippen LogP contribution is 2.32. The van der Waals surface area contributed by atoms with Crippen LogP contribution in [-0.2, 0) is 0 Å². The van der Waals surface area contributed by atoms with Crippen LogP contribution in [0.5, 0.6) is 0 Å². The van der Waals surface area contributed by atoms with Crippen molar-refractivity contribution in [3.8, 4) is 0 Å². The largest absolute Gasteiger partial charge is 0.395 e. The molecular weight excluding hydrogens is 167 g/mol.